The molecule has 1 aromatic carbocycles. The van der Waals surface area contributed by atoms with Gasteiger partial charge < -0.3 is 14.8 Å². The van der Waals surface area contributed by atoms with Crippen LogP contribution in [0.25, 0.3) is 10.2 Å². The number of nitrogens with one attached hydrogen (secondary N) is 1. The number of carbonyl (C=O) groups is 1. The molecular formula is C21H25N3O3S. The predicted octanol–water partition coefficient (Wildman–Crippen LogP) is 4.08. The predicted molar refractivity (Wildman–Crippen MR) is 112 cm³/mol. The van der Waals surface area contributed by atoms with Crippen LogP contribution in [0.4, 0.5) is 0 Å². The molecule has 0 saturated heterocycles. The van der Waals surface area contributed by atoms with Gasteiger partial charge in [-0.1, -0.05) is 6.92 Å². The Morgan fingerprint density at radius 2 is 1.75 bits per heavy atom. The zero-order valence-electron chi connectivity index (χ0n) is 16.7. The largest absolute Gasteiger partial charge is 0.494 e. The molecule has 0 radical (unpaired) electrons. The van der Waals surface area contributed by atoms with E-state index < -0.39 is 0 Å². The molecule has 1 amide bonds. The maximum Gasteiger partial charge on any atom is 0.261 e. The lowest BCUT2D eigenvalue weighted by atomic mass is 10.1. The van der Waals surface area contributed by atoms with Crippen LogP contribution < -0.4 is 14.8 Å². The molecule has 0 fully saturated rings. The fourth-order valence-corrected chi connectivity index (χ4v) is 4.15. The summed E-state index contributed by atoms with van der Waals surface area (Å²) >= 11 is 1.42. The van der Waals surface area contributed by atoms with Gasteiger partial charge in [0.15, 0.2) is 0 Å². The highest BCUT2D eigenvalue weighted by molar-refractivity contribution is 7.20. The Labute approximate surface area is 168 Å². The maximum atomic E-state index is 12.6. The molecule has 0 bridgehead atoms. The van der Waals surface area contributed by atoms with Gasteiger partial charge in [0, 0.05) is 17.5 Å². The molecule has 0 unspecified atom stereocenters. The summed E-state index contributed by atoms with van der Waals surface area (Å²) in [7, 11) is 0. The summed E-state index contributed by atoms with van der Waals surface area (Å²) in [6.45, 7) is 9.34. The topological polar surface area (TPSA) is 73.3 Å². The van der Waals surface area contributed by atoms with Crippen LogP contribution in [0, 0.1) is 13.8 Å². The number of amides is 1. The fraction of sp³-hybridized carbons (Fsp3) is 0.381. The average Bonchev–Trinajstić information content (AvgIpc) is 3.03. The van der Waals surface area contributed by atoms with Crippen LogP contribution in [0.3, 0.4) is 0 Å². The summed E-state index contributed by atoms with van der Waals surface area (Å²) in [5.41, 5.74) is 1.86. The number of aromatic nitrogens is 2. The minimum Gasteiger partial charge on any atom is -0.494 e. The number of thiophene rings is 1. The van der Waals surface area contributed by atoms with Crippen LogP contribution in [0.15, 0.2) is 24.3 Å². The molecule has 0 spiro atoms. The Kier molecular flexibility index (Phi) is 6.46. The molecule has 28 heavy (non-hydrogen) atoms. The smallest absolute Gasteiger partial charge is 0.261 e. The van der Waals surface area contributed by atoms with Gasteiger partial charge in [0.25, 0.3) is 5.91 Å². The van der Waals surface area contributed by atoms with E-state index in [0.717, 1.165) is 45.2 Å². The van der Waals surface area contributed by atoms with Crippen LogP contribution in [-0.2, 0) is 6.42 Å². The zero-order valence-corrected chi connectivity index (χ0v) is 17.5. The van der Waals surface area contributed by atoms with E-state index in [4.69, 9.17) is 9.47 Å². The van der Waals surface area contributed by atoms with Crippen molar-refractivity contribution < 1.29 is 14.3 Å². The molecule has 6 nitrogen and oxygen atoms in total. The minimum absolute atomic E-state index is 0.103. The zero-order chi connectivity index (χ0) is 20.1. The van der Waals surface area contributed by atoms with Crippen LogP contribution in [-0.4, -0.2) is 35.6 Å². The monoisotopic (exact) mass is 399 g/mol. The SMILES string of the molecule is CCOc1ccc(OCCNC(=O)c2sc3nc(CC)nc(C)c3c2C)cc1. The van der Waals surface area contributed by atoms with E-state index in [1.165, 1.54) is 11.3 Å². The molecular weight excluding hydrogens is 374 g/mol. The second kappa shape index (κ2) is 9.01. The standard InChI is InChI=1S/C21H25N3O3S/c1-5-17-23-14(4)18-13(3)19(28-21(18)24-17)20(25)22-11-12-27-16-9-7-15(8-10-16)26-6-2/h7-10H,5-6,11-12H2,1-4H3,(H,22,25). The van der Waals surface area contributed by atoms with Crippen LogP contribution in [0.2, 0.25) is 0 Å². The third-order valence-corrected chi connectivity index (χ3v) is 5.52. The third-order valence-electron chi connectivity index (χ3n) is 4.33. The van der Waals surface area contributed by atoms with E-state index in [-0.39, 0.29) is 5.91 Å². The Hall–Kier alpha value is -2.67. The number of rotatable bonds is 8. The first kappa shape index (κ1) is 20.1. The van der Waals surface area contributed by atoms with Gasteiger partial charge in [-0.25, -0.2) is 9.97 Å². The van der Waals surface area contributed by atoms with Gasteiger partial charge in [0.05, 0.1) is 18.0 Å². The lowest BCUT2D eigenvalue weighted by Crippen LogP contribution is -2.27. The quantitative estimate of drug-likeness (QED) is 0.578. The molecule has 2 aromatic heterocycles. The molecule has 1 N–H and O–H groups in total. The van der Waals surface area contributed by atoms with Crippen molar-refractivity contribution in [2.24, 2.45) is 0 Å². The highest BCUT2D eigenvalue weighted by Crippen LogP contribution is 2.31. The number of carbonyl (C=O) groups excluding carboxylic acids is 1. The van der Waals surface area contributed by atoms with Crippen molar-refractivity contribution in [3.05, 3.63) is 46.2 Å². The molecule has 0 saturated carbocycles. The Morgan fingerprint density at radius 3 is 2.39 bits per heavy atom. The van der Waals surface area contributed by atoms with Crippen molar-refractivity contribution in [2.45, 2.75) is 34.1 Å². The van der Waals surface area contributed by atoms with Gasteiger partial charge in [-0.2, -0.15) is 0 Å². The van der Waals surface area contributed by atoms with E-state index >= 15 is 0 Å². The normalized spacial score (nSPS) is 10.9. The van der Waals surface area contributed by atoms with Gasteiger partial charge >= 0.3 is 0 Å². The Balaban J connectivity index is 1.59. The number of hydrogen-bond acceptors (Lipinski definition) is 6. The molecule has 2 heterocycles. The molecule has 0 aliphatic carbocycles. The summed E-state index contributed by atoms with van der Waals surface area (Å²) in [5, 5.41) is 3.91. The fourth-order valence-electron chi connectivity index (χ4n) is 2.98. The number of aryl methyl sites for hydroxylation is 3. The number of nitrogens with zero attached hydrogens (tertiary/aromatic N) is 2. The minimum atomic E-state index is -0.103. The highest BCUT2D eigenvalue weighted by atomic mass is 32.1. The molecule has 148 valence electrons. The molecule has 7 heteroatoms. The first-order valence-electron chi connectivity index (χ1n) is 9.44. The molecule has 0 atom stereocenters. The average molecular weight is 400 g/mol. The van der Waals surface area contributed by atoms with Gasteiger partial charge in [-0.3, -0.25) is 4.79 Å². The van der Waals surface area contributed by atoms with Crippen molar-refractivity contribution in [2.75, 3.05) is 19.8 Å². The van der Waals surface area contributed by atoms with Gasteiger partial charge in [-0.15, -0.1) is 11.3 Å². The van der Waals surface area contributed by atoms with Crippen LogP contribution >= 0.6 is 11.3 Å². The number of fused-ring (bicyclic) bond motifs is 1. The summed E-state index contributed by atoms with van der Waals surface area (Å²) in [6, 6.07) is 7.45. The second-order valence-corrected chi connectivity index (χ2v) is 7.32. The summed E-state index contributed by atoms with van der Waals surface area (Å²) in [6.07, 6.45) is 0.776. The Morgan fingerprint density at radius 1 is 1.07 bits per heavy atom. The second-order valence-electron chi connectivity index (χ2n) is 6.32. The van der Waals surface area contributed by atoms with E-state index in [0.29, 0.717) is 24.6 Å². The van der Waals surface area contributed by atoms with E-state index in [2.05, 4.69) is 15.3 Å². The maximum absolute atomic E-state index is 12.6. The molecule has 3 rings (SSSR count). The van der Waals surface area contributed by atoms with Crippen molar-refractivity contribution >= 4 is 27.5 Å². The first-order valence-corrected chi connectivity index (χ1v) is 10.3. The van der Waals surface area contributed by atoms with Crippen molar-refractivity contribution in [3.8, 4) is 11.5 Å². The van der Waals surface area contributed by atoms with E-state index in [1.807, 2.05) is 52.0 Å². The van der Waals surface area contributed by atoms with E-state index in [1.54, 1.807) is 0 Å². The summed E-state index contributed by atoms with van der Waals surface area (Å²) < 4.78 is 11.1. The summed E-state index contributed by atoms with van der Waals surface area (Å²) in [4.78, 5) is 23.2. The van der Waals surface area contributed by atoms with Gasteiger partial charge in [-0.05, 0) is 50.6 Å². The van der Waals surface area contributed by atoms with Crippen LogP contribution in [0.1, 0.15) is 40.6 Å². The summed E-state index contributed by atoms with van der Waals surface area (Å²) in [5.74, 6) is 2.26. The van der Waals surface area contributed by atoms with Crippen molar-refractivity contribution in [1.82, 2.24) is 15.3 Å². The molecule has 0 aliphatic heterocycles. The first-order chi connectivity index (χ1) is 13.5. The number of ether oxygens (including phenoxy) is 2. The third kappa shape index (κ3) is 4.42. The van der Waals surface area contributed by atoms with Crippen molar-refractivity contribution in [3.63, 3.8) is 0 Å². The van der Waals surface area contributed by atoms with Crippen LogP contribution in [0.5, 0.6) is 11.5 Å². The lowest BCUT2D eigenvalue weighted by Gasteiger charge is -2.08. The number of benzene rings is 1. The number of hydrogen-bond donors (Lipinski definition) is 1. The van der Waals surface area contributed by atoms with E-state index in [9.17, 15) is 4.79 Å². The highest BCUT2D eigenvalue weighted by Gasteiger charge is 2.18. The molecule has 3 aromatic rings. The van der Waals surface area contributed by atoms with Crippen molar-refractivity contribution in [1.29, 1.82) is 0 Å². The van der Waals surface area contributed by atoms with Gasteiger partial charge in [0.2, 0.25) is 0 Å². The molecule has 0 aliphatic rings. The lowest BCUT2D eigenvalue weighted by molar-refractivity contribution is 0.0950. The van der Waals surface area contributed by atoms with Gasteiger partial charge in [0.1, 0.15) is 28.8 Å². The Bertz CT molecular complexity index is 967.